The normalized spacial score (nSPS) is 8.88. The van der Waals surface area contributed by atoms with Crippen LogP contribution in [0.25, 0.3) is 0 Å². The molecule has 0 aliphatic heterocycles. The molecule has 1 rings (SSSR count). The molecule has 16 heavy (non-hydrogen) atoms. The first-order valence-electron chi connectivity index (χ1n) is 4.95. The van der Waals surface area contributed by atoms with Gasteiger partial charge >= 0.3 is 0 Å². The van der Waals surface area contributed by atoms with E-state index in [9.17, 15) is 0 Å². The summed E-state index contributed by atoms with van der Waals surface area (Å²) in [7, 11) is 0. The first-order chi connectivity index (χ1) is 7.78. The molecule has 0 fully saturated rings. The van der Waals surface area contributed by atoms with Crippen molar-refractivity contribution in [3.05, 3.63) is 59.7 Å². The Kier molecular flexibility index (Phi) is 4.07. The molecule has 2 heteroatoms. The van der Waals surface area contributed by atoms with Gasteiger partial charge in [0.1, 0.15) is 12.1 Å². The zero-order valence-corrected chi connectivity index (χ0v) is 9.03. The smallest absolute Gasteiger partial charge is 0.101 e. The maximum atomic E-state index is 9.09. The highest BCUT2D eigenvalue weighted by Gasteiger charge is 2.11. The van der Waals surface area contributed by atoms with Gasteiger partial charge in [0.25, 0.3) is 0 Å². The summed E-state index contributed by atoms with van der Waals surface area (Å²) >= 11 is 0. The van der Waals surface area contributed by atoms with Crippen molar-refractivity contribution in [3.63, 3.8) is 0 Å². The van der Waals surface area contributed by atoms with E-state index in [0.717, 1.165) is 11.1 Å². The van der Waals surface area contributed by atoms with Gasteiger partial charge in [-0.1, -0.05) is 24.3 Å². The topological polar surface area (TPSA) is 47.6 Å². The molecule has 1 aromatic rings. The van der Waals surface area contributed by atoms with Gasteiger partial charge in [-0.15, -0.1) is 13.2 Å². The quantitative estimate of drug-likeness (QED) is 0.714. The van der Waals surface area contributed by atoms with E-state index in [4.69, 9.17) is 10.5 Å². The molecule has 0 aromatic heterocycles. The van der Waals surface area contributed by atoms with Gasteiger partial charge in [0.05, 0.1) is 11.1 Å². The van der Waals surface area contributed by atoms with Crippen molar-refractivity contribution in [2.75, 3.05) is 0 Å². The van der Waals surface area contributed by atoms with Crippen LogP contribution in [0.3, 0.4) is 0 Å². The van der Waals surface area contributed by atoms with Crippen LogP contribution >= 0.6 is 0 Å². The molecule has 0 amide bonds. The number of allylic oxidation sites excluding steroid dienone is 2. The van der Waals surface area contributed by atoms with Gasteiger partial charge in [-0.05, 0) is 24.0 Å². The predicted molar refractivity (Wildman–Crippen MR) is 63.7 cm³/mol. The molecule has 0 spiro atoms. The molecule has 0 atom stereocenters. The Morgan fingerprint density at radius 2 is 1.31 bits per heavy atom. The van der Waals surface area contributed by atoms with Crippen LogP contribution in [0.15, 0.2) is 37.4 Å². The maximum absolute atomic E-state index is 9.09. The Hall–Kier alpha value is -2.32. The lowest BCUT2D eigenvalue weighted by Crippen LogP contribution is -1.98. The molecule has 0 heterocycles. The van der Waals surface area contributed by atoms with Crippen LogP contribution in [0.2, 0.25) is 0 Å². The van der Waals surface area contributed by atoms with Gasteiger partial charge in [0.15, 0.2) is 0 Å². The summed E-state index contributed by atoms with van der Waals surface area (Å²) in [5.41, 5.74) is 2.62. The number of rotatable bonds is 4. The van der Waals surface area contributed by atoms with E-state index in [0.29, 0.717) is 24.0 Å². The molecular weight excluding hydrogens is 196 g/mol. The number of nitrogens with zero attached hydrogens (tertiary/aromatic N) is 2. The average molecular weight is 208 g/mol. The summed E-state index contributed by atoms with van der Waals surface area (Å²) in [6, 6.07) is 7.94. The second-order valence-electron chi connectivity index (χ2n) is 3.34. The van der Waals surface area contributed by atoms with Crippen LogP contribution in [-0.2, 0) is 12.8 Å². The summed E-state index contributed by atoms with van der Waals surface area (Å²) in [5.74, 6) is 0. The van der Waals surface area contributed by atoms with Crippen molar-refractivity contribution in [2.45, 2.75) is 12.8 Å². The van der Waals surface area contributed by atoms with Crippen LogP contribution in [0.4, 0.5) is 0 Å². The zero-order valence-electron chi connectivity index (χ0n) is 9.03. The zero-order chi connectivity index (χ0) is 12.0. The highest BCUT2D eigenvalue weighted by Crippen LogP contribution is 2.19. The minimum absolute atomic E-state index is 0.460. The lowest BCUT2D eigenvalue weighted by atomic mass is 9.94. The van der Waals surface area contributed by atoms with Crippen LogP contribution in [0.5, 0.6) is 0 Å². The molecule has 1 aromatic carbocycles. The Labute approximate surface area is 95.8 Å². The van der Waals surface area contributed by atoms with E-state index in [1.807, 2.05) is 12.1 Å². The lowest BCUT2D eigenvalue weighted by Gasteiger charge is -2.07. The highest BCUT2D eigenvalue weighted by molar-refractivity contribution is 5.55. The Balaban J connectivity index is 3.42. The van der Waals surface area contributed by atoms with E-state index in [1.165, 1.54) is 0 Å². The van der Waals surface area contributed by atoms with Crippen LogP contribution in [0.1, 0.15) is 22.3 Å². The van der Waals surface area contributed by atoms with Crippen molar-refractivity contribution < 1.29 is 0 Å². The minimum Gasteiger partial charge on any atom is -0.192 e. The second-order valence-corrected chi connectivity index (χ2v) is 3.34. The fourth-order valence-electron chi connectivity index (χ4n) is 1.60. The summed E-state index contributed by atoms with van der Waals surface area (Å²) in [5, 5.41) is 18.2. The van der Waals surface area contributed by atoms with E-state index in [-0.39, 0.29) is 0 Å². The number of hydrogen-bond donors (Lipinski definition) is 0. The van der Waals surface area contributed by atoms with Gasteiger partial charge in [-0.2, -0.15) is 10.5 Å². The van der Waals surface area contributed by atoms with Crippen molar-refractivity contribution in [1.82, 2.24) is 0 Å². The lowest BCUT2D eigenvalue weighted by molar-refractivity contribution is 1.18. The van der Waals surface area contributed by atoms with Gasteiger partial charge in [-0.3, -0.25) is 0 Å². The van der Waals surface area contributed by atoms with Gasteiger partial charge in [0.2, 0.25) is 0 Å². The monoisotopic (exact) mass is 208 g/mol. The third kappa shape index (κ3) is 2.19. The standard InChI is InChI=1S/C14H12N2/c1-3-5-11-7-8-12(6-4-2)14(10-16)13(11)9-15/h3-4,7-8H,1-2,5-6H2. The number of benzene rings is 1. The SMILES string of the molecule is C=CCc1ccc(CC=C)c(C#N)c1C#N. The number of hydrogen-bond acceptors (Lipinski definition) is 2. The van der Waals surface area contributed by atoms with Crippen LogP contribution in [0, 0.1) is 22.7 Å². The van der Waals surface area contributed by atoms with E-state index in [2.05, 4.69) is 25.3 Å². The number of nitriles is 2. The minimum atomic E-state index is 0.460. The Morgan fingerprint density at radius 1 is 0.938 bits per heavy atom. The highest BCUT2D eigenvalue weighted by atomic mass is 14.3. The molecule has 0 saturated heterocycles. The molecule has 0 unspecified atom stereocenters. The third-order valence-electron chi connectivity index (χ3n) is 2.33. The van der Waals surface area contributed by atoms with E-state index < -0.39 is 0 Å². The summed E-state index contributed by atoms with van der Waals surface area (Å²) in [6.45, 7) is 7.27. The summed E-state index contributed by atoms with van der Waals surface area (Å²) in [6.07, 6.45) is 4.66. The van der Waals surface area contributed by atoms with Crippen molar-refractivity contribution in [3.8, 4) is 12.1 Å². The predicted octanol–water partition coefficient (Wildman–Crippen LogP) is 2.89. The Bertz CT molecular complexity index is 452. The molecular formula is C14H12N2. The molecule has 0 radical (unpaired) electrons. The molecule has 0 bridgehead atoms. The first kappa shape index (κ1) is 11.8. The van der Waals surface area contributed by atoms with Crippen LogP contribution < -0.4 is 0 Å². The average Bonchev–Trinajstić information content (AvgIpc) is 2.31. The van der Waals surface area contributed by atoms with Gasteiger partial charge < -0.3 is 0 Å². The molecule has 0 aliphatic rings. The summed E-state index contributed by atoms with van der Waals surface area (Å²) < 4.78 is 0. The van der Waals surface area contributed by atoms with Crippen LogP contribution in [-0.4, -0.2) is 0 Å². The molecule has 0 saturated carbocycles. The van der Waals surface area contributed by atoms with Crippen molar-refractivity contribution >= 4 is 0 Å². The molecule has 78 valence electrons. The first-order valence-corrected chi connectivity index (χ1v) is 4.95. The fraction of sp³-hybridized carbons (Fsp3) is 0.143. The molecule has 0 N–H and O–H groups in total. The van der Waals surface area contributed by atoms with E-state index >= 15 is 0 Å². The maximum Gasteiger partial charge on any atom is 0.101 e. The van der Waals surface area contributed by atoms with Crippen molar-refractivity contribution in [2.24, 2.45) is 0 Å². The second kappa shape index (κ2) is 5.53. The largest absolute Gasteiger partial charge is 0.192 e. The fourth-order valence-corrected chi connectivity index (χ4v) is 1.60. The third-order valence-corrected chi connectivity index (χ3v) is 2.33. The van der Waals surface area contributed by atoms with Gasteiger partial charge in [0, 0.05) is 0 Å². The Morgan fingerprint density at radius 3 is 1.56 bits per heavy atom. The van der Waals surface area contributed by atoms with Gasteiger partial charge in [-0.25, -0.2) is 0 Å². The molecule has 0 aliphatic carbocycles. The van der Waals surface area contributed by atoms with Crippen molar-refractivity contribution in [1.29, 1.82) is 10.5 Å². The summed E-state index contributed by atoms with van der Waals surface area (Å²) in [4.78, 5) is 0. The molecule has 2 nitrogen and oxygen atoms in total. The van der Waals surface area contributed by atoms with E-state index in [1.54, 1.807) is 12.2 Å².